The Bertz CT molecular complexity index is 510. The van der Waals surface area contributed by atoms with E-state index < -0.39 is 15.6 Å². The van der Waals surface area contributed by atoms with Crippen LogP contribution in [0, 0.1) is 5.92 Å². The Kier molecular flexibility index (Phi) is 4.68. The summed E-state index contributed by atoms with van der Waals surface area (Å²) in [7, 11) is -3.50. The van der Waals surface area contributed by atoms with Crippen LogP contribution in [-0.2, 0) is 14.6 Å². The fourth-order valence-corrected chi connectivity index (χ4v) is 2.92. The van der Waals surface area contributed by atoms with E-state index in [-0.39, 0.29) is 16.6 Å². The quantitative estimate of drug-likeness (QED) is 0.825. The molecule has 0 heterocycles. The number of hydrogen-bond donors (Lipinski definition) is 0. The lowest BCUT2D eigenvalue weighted by atomic mass is 10.0. The molecular formula is C14H20O3S. The predicted molar refractivity (Wildman–Crippen MR) is 72.4 cm³/mol. The molecule has 0 fully saturated rings. The topological polar surface area (TPSA) is 51.2 Å². The lowest BCUT2D eigenvalue weighted by Crippen LogP contribution is -2.20. The van der Waals surface area contributed by atoms with Crippen molar-refractivity contribution >= 4 is 15.6 Å². The maximum atomic E-state index is 12.0. The summed E-state index contributed by atoms with van der Waals surface area (Å²) in [5, 5.41) is 0. The molecular weight excluding hydrogens is 248 g/mol. The van der Waals surface area contributed by atoms with Crippen LogP contribution < -0.4 is 0 Å². The highest BCUT2D eigenvalue weighted by molar-refractivity contribution is 7.92. The molecule has 0 spiro atoms. The first-order valence-corrected chi connectivity index (χ1v) is 7.74. The van der Waals surface area contributed by atoms with Crippen molar-refractivity contribution in [3.8, 4) is 0 Å². The summed E-state index contributed by atoms with van der Waals surface area (Å²) in [5.74, 6) is -0.553. The first-order chi connectivity index (χ1) is 8.24. The molecule has 0 saturated heterocycles. The number of carbonyl (C=O) groups excluding carboxylic acids is 1. The molecule has 0 radical (unpaired) electrons. The number of ketones is 1. The van der Waals surface area contributed by atoms with E-state index in [0.29, 0.717) is 5.92 Å². The van der Waals surface area contributed by atoms with Crippen LogP contribution in [-0.4, -0.2) is 20.0 Å². The fourth-order valence-electron chi connectivity index (χ4n) is 1.50. The van der Waals surface area contributed by atoms with Crippen LogP contribution >= 0.6 is 0 Å². The van der Waals surface area contributed by atoms with Gasteiger partial charge in [0.15, 0.2) is 15.6 Å². The second kappa shape index (κ2) is 5.65. The minimum Gasteiger partial charge on any atom is -0.298 e. The van der Waals surface area contributed by atoms with Gasteiger partial charge in [-0.2, -0.15) is 0 Å². The van der Waals surface area contributed by atoms with Crippen LogP contribution in [0.1, 0.15) is 39.2 Å². The van der Waals surface area contributed by atoms with Crippen molar-refractivity contribution in [2.45, 2.75) is 38.5 Å². The molecule has 4 heteroatoms. The highest BCUT2D eigenvalue weighted by atomic mass is 32.2. The highest BCUT2D eigenvalue weighted by Gasteiger charge is 2.21. The molecule has 0 aromatic heterocycles. The van der Waals surface area contributed by atoms with Crippen molar-refractivity contribution in [2.75, 3.05) is 5.75 Å². The molecule has 0 saturated carbocycles. The van der Waals surface area contributed by atoms with Crippen molar-refractivity contribution in [2.24, 2.45) is 5.92 Å². The molecule has 0 amide bonds. The average molecular weight is 268 g/mol. The van der Waals surface area contributed by atoms with Crippen molar-refractivity contribution in [3.63, 3.8) is 0 Å². The summed E-state index contributed by atoms with van der Waals surface area (Å²) in [6.45, 7) is 7.51. The minimum absolute atomic E-state index is 0.223. The Morgan fingerprint density at radius 3 is 1.94 bits per heavy atom. The molecule has 0 unspecified atom stereocenters. The molecule has 3 nitrogen and oxygen atoms in total. The normalized spacial score (nSPS) is 12.1. The van der Waals surface area contributed by atoms with Crippen LogP contribution in [0.2, 0.25) is 0 Å². The van der Waals surface area contributed by atoms with Crippen molar-refractivity contribution in [3.05, 3.63) is 29.8 Å². The van der Waals surface area contributed by atoms with Gasteiger partial charge in [0, 0.05) is 5.92 Å². The van der Waals surface area contributed by atoms with Gasteiger partial charge in [-0.15, -0.1) is 0 Å². The van der Waals surface area contributed by atoms with E-state index in [1.54, 1.807) is 38.1 Å². The van der Waals surface area contributed by atoms with Crippen molar-refractivity contribution in [1.82, 2.24) is 0 Å². The maximum Gasteiger partial charge on any atom is 0.185 e. The zero-order valence-electron chi connectivity index (χ0n) is 11.3. The molecule has 0 atom stereocenters. The molecule has 100 valence electrons. The smallest absolute Gasteiger partial charge is 0.185 e. The largest absolute Gasteiger partial charge is 0.298 e. The SMILES string of the molecule is CC(C)C(=O)CS(=O)(=O)c1ccc(C(C)C)cc1. The minimum atomic E-state index is -3.50. The summed E-state index contributed by atoms with van der Waals surface area (Å²) in [5.41, 5.74) is 1.09. The second-order valence-electron chi connectivity index (χ2n) is 5.10. The van der Waals surface area contributed by atoms with Gasteiger partial charge in [0.2, 0.25) is 0 Å². The van der Waals surface area contributed by atoms with Crippen LogP contribution in [0.15, 0.2) is 29.2 Å². The molecule has 1 aromatic carbocycles. The van der Waals surface area contributed by atoms with Gasteiger partial charge in [0.25, 0.3) is 0 Å². The summed E-state index contributed by atoms with van der Waals surface area (Å²) in [4.78, 5) is 11.8. The molecule has 0 aliphatic heterocycles. The Balaban J connectivity index is 2.96. The van der Waals surface area contributed by atoms with Gasteiger partial charge in [-0.05, 0) is 23.6 Å². The number of carbonyl (C=O) groups is 1. The van der Waals surface area contributed by atoms with Crippen LogP contribution in [0.25, 0.3) is 0 Å². The number of Topliss-reactive ketones (excluding diaryl/α,β-unsaturated/α-hetero) is 1. The fraction of sp³-hybridized carbons (Fsp3) is 0.500. The third-order valence-electron chi connectivity index (χ3n) is 2.88. The predicted octanol–water partition coefficient (Wildman–Crippen LogP) is 2.81. The van der Waals surface area contributed by atoms with Gasteiger partial charge in [-0.3, -0.25) is 4.79 Å². The maximum absolute atomic E-state index is 12.0. The average Bonchev–Trinajstić information content (AvgIpc) is 2.28. The molecule has 1 rings (SSSR count). The molecule has 0 aliphatic rings. The van der Waals surface area contributed by atoms with Gasteiger partial charge < -0.3 is 0 Å². The Morgan fingerprint density at radius 1 is 1.06 bits per heavy atom. The van der Waals surface area contributed by atoms with Crippen LogP contribution in [0.3, 0.4) is 0 Å². The van der Waals surface area contributed by atoms with E-state index >= 15 is 0 Å². The zero-order valence-corrected chi connectivity index (χ0v) is 12.1. The second-order valence-corrected chi connectivity index (χ2v) is 7.09. The Hall–Kier alpha value is -1.16. The van der Waals surface area contributed by atoms with Crippen LogP contribution in [0.4, 0.5) is 0 Å². The number of sulfone groups is 1. The Labute approximate surface area is 109 Å². The van der Waals surface area contributed by atoms with E-state index in [2.05, 4.69) is 0 Å². The summed E-state index contributed by atoms with van der Waals surface area (Å²) >= 11 is 0. The number of benzene rings is 1. The van der Waals surface area contributed by atoms with E-state index in [9.17, 15) is 13.2 Å². The molecule has 0 aliphatic carbocycles. The third kappa shape index (κ3) is 3.67. The number of rotatable bonds is 5. The lowest BCUT2D eigenvalue weighted by molar-refractivity contribution is -0.119. The first kappa shape index (κ1) is 14.9. The lowest BCUT2D eigenvalue weighted by Gasteiger charge is -2.08. The first-order valence-electron chi connectivity index (χ1n) is 6.09. The third-order valence-corrected chi connectivity index (χ3v) is 4.54. The monoisotopic (exact) mass is 268 g/mol. The standard InChI is InChI=1S/C14H20O3S/c1-10(2)12-5-7-13(8-6-12)18(16,17)9-14(15)11(3)4/h5-8,10-11H,9H2,1-4H3. The number of hydrogen-bond acceptors (Lipinski definition) is 3. The van der Waals surface area contributed by atoms with Gasteiger partial charge in [0.1, 0.15) is 5.75 Å². The molecule has 18 heavy (non-hydrogen) atoms. The zero-order chi connectivity index (χ0) is 13.9. The molecule has 0 N–H and O–H groups in total. The van der Waals surface area contributed by atoms with E-state index in [4.69, 9.17) is 0 Å². The molecule has 1 aromatic rings. The summed E-state index contributed by atoms with van der Waals surface area (Å²) in [6.07, 6.45) is 0. The van der Waals surface area contributed by atoms with Crippen molar-refractivity contribution in [1.29, 1.82) is 0 Å². The van der Waals surface area contributed by atoms with Crippen molar-refractivity contribution < 1.29 is 13.2 Å². The van der Waals surface area contributed by atoms with Gasteiger partial charge in [0.05, 0.1) is 4.90 Å². The molecule has 0 bridgehead atoms. The van der Waals surface area contributed by atoms with Gasteiger partial charge in [-0.1, -0.05) is 39.8 Å². The Morgan fingerprint density at radius 2 is 1.56 bits per heavy atom. The van der Waals surface area contributed by atoms with Gasteiger partial charge >= 0.3 is 0 Å². The summed E-state index contributed by atoms with van der Waals surface area (Å²) < 4.78 is 24.0. The van der Waals surface area contributed by atoms with E-state index in [0.717, 1.165) is 5.56 Å². The van der Waals surface area contributed by atoms with E-state index in [1.165, 1.54) is 0 Å². The summed E-state index contributed by atoms with van der Waals surface area (Å²) in [6, 6.07) is 6.77. The van der Waals surface area contributed by atoms with E-state index in [1.807, 2.05) is 13.8 Å². The highest BCUT2D eigenvalue weighted by Crippen LogP contribution is 2.18. The van der Waals surface area contributed by atoms with Gasteiger partial charge in [-0.25, -0.2) is 8.42 Å². The van der Waals surface area contributed by atoms with Crippen LogP contribution in [0.5, 0.6) is 0 Å².